The third-order valence-electron chi connectivity index (χ3n) is 5.88. The predicted octanol–water partition coefficient (Wildman–Crippen LogP) is 7.91. The molecule has 0 saturated carbocycles. The number of benzene rings is 4. The Morgan fingerprint density at radius 1 is 0.812 bits per heavy atom. The highest BCUT2D eigenvalue weighted by molar-refractivity contribution is 9.10. The maximum atomic E-state index is 12.5. The van der Waals surface area contributed by atoms with Crippen molar-refractivity contribution in [3.8, 4) is 22.6 Å². The summed E-state index contributed by atoms with van der Waals surface area (Å²) in [6, 6.07) is 28.8. The van der Waals surface area contributed by atoms with E-state index in [0.717, 1.165) is 21.0 Å². The Balaban J connectivity index is 1.72. The molecule has 1 aromatic heterocycles. The van der Waals surface area contributed by atoms with Crippen LogP contribution in [0.4, 0.5) is 0 Å². The summed E-state index contributed by atoms with van der Waals surface area (Å²) in [6.07, 6.45) is 0. The molecule has 32 heavy (non-hydrogen) atoms. The predicted molar refractivity (Wildman–Crippen MR) is 129 cm³/mol. The van der Waals surface area contributed by atoms with Crippen molar-refractivity contribution in [1.29, 1.82) is 0 Å². The molecule has 6 rings (SSSR count). The summed E-state index contributed by atoms with van der Waals surface area (Å²) in [7, 11) is 0. The highest BCUT2D eigenvalue weighted by atomic mass is 79.9. The van der Waals surface area contributed by atoms with E-state index in [1.54, 1.807) is 18.2 Å². The molecule has 5 aromatic rings. The number of aliphatic hydroxyl groups is 1. The number of rotatable bonds is 2. The van der Waals surface area contributed by atoms with E-state index in [1.807, 2.05) is 72.8 Å². The molecule has 1 N–H and O–H groups in total. The van der Waals surface area contributed by atoms with Gasteiger partial charge in [-0.25, -0.2) is 0 Å². The van der Waals surface area contributed by atoms with Gasteiger partial charge in [-0.1, -0.05) is 88.2 Å². The maximum absolute atomic E-state index is 12.5. The van der Waals surface area contributed by atoms with Crippen molar-refractivity contribution in [3.63, 3.8) is 0 Å². The molecular formula is C27H16BrClO3. The van der Waals surface area contributed by atoms with Crippen LogP contribution >= 0.6 is 27.5 Å². The molecule has 1 atom stereocenters. The van der Waals surface area contributed by atoms with Crippen LogP contribution in [0.2, 0.25) is 5.02 Å². The molecule has 1 unspecified atom stereocenters. The van der Waals surface area contributed by atoms with Crippen LogP contribution in [-0.4, -0.2) is 5.11 Å². The third kappa shape index (κ3) is 2.84. The van der Waals surface area contributed by atoms with Crippen molar-refractivity contribution < 1.29 is 14.3 Å². The summed E-state index contributed by atoms with van der Waals surface area (Å²) in [5, 5.41) is 13.8. The van der Waals surface area contributed by atoms with E-state index in [1.165, 1.54) is 0 Å². The van der Waals surface area contributed by atoms with Crippen molar-refractivity contribution >= 4 is 38.5 Å². The molecule has 5 heteroatoms. The van der Waals surface area contributed by atoms with Crippen LogP contribution in [0.3, 0.4) is 0 Å². The minimum atomic E-state index is -1.58. The lowest BCUT2D eigenvalue weighted by atomic mass is 9.78. The molecule has 1 aliphatic rings. The molecule has 156 valence electrons. The quantitative estimate of drug-likeness (QED) is 0.266. The first-order valence-electron chi connectivity index (χ1n) is 10.1. The first-order chi connectivity index (χ1) is 15.6. The van der Waals surface area contributed by atoms with Crippen LogP contribution in [-0.2, 0) is 5.60 Å². The van der Waals surface area contributed by atoms with Crippen LogP contribution in [0.5, 0.6) is 11.5 Å². The molecular weight excluding hydrogens is 488 g/mol. The fourth-order valence-electron chi connectivity index (χ4n) is 4.43. The molecule has 0 bridgehead atoms. The summed E-state index contributed by atoms with van der Waals surface area (Å²) in [5.41, 5.74) is 2.25. The van der Waals surface area contributed by atoms with E-state index in [0.29, 0.717) is 39.0 Å². The summed E-state index contributed by atoms with van der Waals surface area (Å²) in [4.78, 5) is 0. The second-order valence-electron chi connectivity index (χ2n) is 7.77. The molecule has 4 aromatic carbocycles. The van der Waals surface area contributed by atoms with E-state index in [4.69, 9.17) is 20.8 Å². The van der Waals surface area contributed by atoms with Gasteiger partial charge in [-0.3, -0.25) is 0 Å². The lowest BCUT2D eigenvalue weighted by Gasteiger charge is -2.34. The normalized spacial score (nSPS) is 17.0. The first-order valence-corrected chi connectivity index (χ1v) is 11.3. The standard InChI is InChI=1S/C27H16BrClO3/c28-17-10-13-23-20(14-17)25-26(32-23)27(30,22-12-11-18(29)15-24(22)31-25)21-9-5-4-8-19(21)16-6-2-1-3-7-16/h1-15,30H. The summed E-state index contributed by atoms with van der Waals surface area (Å²) < 4.78 is 13.4. The number of hydrogen-bond acceptors (Lipinski definition) is 3. The summed E-state index contributed by atoms with van der Waals surface area (Å²) >= 11 is 9.82. The first kappa shape index (κ1) is 19.6. The number of hydrogen-bond donors (Lipinski definition) is 1. The smallest absolute Gasteiger partial charge is 0.188 e. The number of ether oxygens (including phenoxy) is 1. The van der Waals surface area contributed by atoms with E-state index in [2.05, 4.69) is 15.9 Å². The molecule has 3 nitrogen and oxygen atoms in total. The van der Waals surface area contributed by atoms with Crippen LogP contribution < -0.4 is 4.74 Å². The Labute approximate surface area is 198 Å². The van der Waals surface area contributed by atoms with Crippen LogP contribution in [0.25, 0.3) is 22.1 Å². The molecule has 0 radical (unpaired) electrons. The lowest BCUT2D eigenvalue weighted by Crippen LogP contribution is -2.32. The number of fused-ring (bicyclic) bond motifs is 4. The largest absolute Gasteiger partial charge is 0.453 e. The zero-order valence-electron chi connectivity index (χ0n) is 16.7. The Morgan fingerprint density at radius 3 is 2.44 bits per heavy atom. The van der Waals surface area contributed by atoms with Gasteiger partial charge in [0.05, 0.1) is 5.39 Å². The SMILES string of the molecule is OC1(c2ccccc2-c2ccccc2)c2ccc(Cl)cc2Oc2c1oc1ccc(Br)cc21. The Bertz CT molecular complexity index is 1490. The lowest BCUT2D eigenvalue weighted by molar-refractivity contribution is 0.0883. The summed E-state index contributed by atoms with van der Waals surface area (Å²) in [5.74, 6) is 1.34. The van der Waals surface area contributed by atoms with Gasteiger partial charge in [0.15, 0.2) is 17.1 Å². The second kappa shape index (κ2) is 7.24. The van der Waals surface area contributed by atoms with Crippen molar-refractivity contribution in [2.24, 2.45) is 0 Å². The van der Waals surface area contributed by atoms with Crippen molar-refractivity contribution in [1.82, 2.24) is 0 Å². The van der Waals surface area contributed by atoms with Crippen molar-refractivity contribution in [2.75, 3.05) is 0 Å². The Hall–Kier alpha value is -3.05. The summed E-state index contributed by atoms with van der Waals surface area (Å²) in [6.45, 7) is 0. The molecule has 0 saturated heterocycles. The molecule has 2 heterocycles. The highest BCUT2D eigenvalue weighted by Gasteiger charge is 2.47. The van der Waals surface area contributed by atoms with Gasteiger partial charge in [0, 0.05) is 20.6 Å². The van der Waals surface area contributed by atoms with Gasteiger partial charge in [-0.05, 0) is 41.5 Å². The van der Waals surface area contributed by atoms with Gasteiger partial charge >= 0.3 is 0 Å². The van der Waals surface area contributed by atoms with Gasteiger partial charge < -0.3 is 14.3 Å². The van der Waals surface area contributed by atoms with Crippen LogP contribution in [0.1, 0.15) is 16.9 Å². The minimum absolute atomic E-state index is 0.351. The molecule has 0 amide bonds. The molecule has 1 aliphatic heterocycles. The van der Waals surface area contributed by atoms with E-state index in [-0.39, 0.29) is 0 Å². The maximum Gasteiger partial charge on any atom is 0.188 e. The number of halogens is 2. The average Bonchev–Trinajstić information content (AvgIpc) is 3.18. The van der Waals surface area contributed by atoms with E-state index >= 15 is 0 Å². The highest BCUT2D eigenvalue weighted by Crippen LogP contribution is 2.55. The topological polar surface area (TPSA) is 42.6 Å². The molecule has 0 fully saturated rings. The van der Waals surface area contributed by atoms with Gasteiger partial charge in [-0.2, -0.15) is 0 Å². The van der Waals surface area contributed by atoms with E-state index in [9.17, 15) is 5.11 Å². The van der Waals surface area contributed by atoms with E-state index < -0.39 is 5.60 Å². The Kier molecular flexibility index (Phi) is 4.44. The third-order valence-corrected chi connectivity index (χ3v) is 6.61. The monoisotopic (exact) mass is 502 g/mol. The molecule has 0 aliphatic carbocycles. The van der Waals surface area contributed by atoms with Gasteiger partial charge in [0.2, 0.25) is 0 Å². The van der Waals surface area contributed by atoms with Crippen LogP contribution in [0.15, 0.2) is 99.9 Å². The fraction of sp³-hybridized carbons (Fsp3) is 0.0370. The van der Waals surface area contributed by atoms with Crippen LogP contribution in [0, 0.1) is 0 Å². The van der Waals surface area contributed by atoms with Gasteiger partial charge in [-0.15, -0.1) is 0 Å². The van der Waals surface area contributed by atoms with Crippen molar-refractivity contribution in [2.45, 2.75) is 5.60 Å². The van der Waals surface area contributed by atoms with Crippen molar-refractivity contribution in [3.05, 3.63) is 117 Å². The zero-order chi connectivity index (χ0) is 21.9. The van der Waals surface area contributed by atoms with Gasteiger partial charge in [0.25, 0.3) is 0 Å². The van der Waals surface area contributed by atoms with Gasteiger partial charge in [0.1, 0.15) is 11.3 Å². The zero-order valence-corrected chi connectivity index (χ0v) is 19.0. The second-order valence-corrected chi connectivity index (χ2v) is 9.12. The number of furan rings is 1. The minimum Gasteiger partial charge on any atom is -0.453 e. The molecule has 0 spiro atoms. The Morgan fingerprint density at radius 2 is 1.59 bits per heavy atom. The fourth-order valence-corrected chi connectivity index (χ4v) is 4.96. The average molecular weight is 504 g/mol.